The Kier molecular flexibility index (Phi) is 5.15. The van der Waals surface area contributed by atoms with Crippen LogP contribution in [0.15, 0.2) is 47.4 Å². The molecule has 5 nitrogen and oxygen atoms in total. The van der Waals surface area contributed by atoms with E-state index in [1.165, 1.54) is 30.7 Å². The van der Waals surface area contributed by atoms with Gasteiger partial charge in [-0.2, -0.15) is 0 Å². The molecule has 0 aliphatic heterocycles. The Labute approximate surface area is 137 Å². The fraction of sp³-hybridized carbons (Fsp3) is 0.294. The van der Waals surface area contributed by atoms with Crippen molar-refractivity contribution in [3.8, 4) is 11.5 Å². The summed E-state index contributed by atoms with van der Waals surface area (Å²) in [6.07, 6.45) is 0. The third-order valence-corrected chi connectivity index (χ3v) is 5.45. The molecular weight excluding hydrogens is 314 g/mol. The fourth-order valence-corrected chi connectivity index (χ4v) is 3.80. The Morgan fingerprint density at radius 1 is 0.957 bits per heavy atom. The summed E-state index contributed by atoms with van der Waals surface area (Å²) in [6.45, 7) is 4.10. The minimum absolute atomic E-state index is 0.164. The summed E-state index contributed by atoms with van der Waals surface area (Å²) >= 11 is 0. The predicted molar refractivity (Wildman–Crippen MR) is 90.9 cm³/mol. The number of anilines is 1. The van der Waals surface area contributed by atoms with E-state index >= 15 is 0 Å². The number of hydrogen-bond acceptors (Lipinski definition) is 4. The number of rotatable bonds is 6. The zero-order chi connectivity index (χ0) is 17.0. The van der Waals surface area contributed by atoms with Gasteiger partial charge in [0.05, 0.1) is 24.8 Å². The Bertz CT molecular complexity index is 770. The lowest BCUT2D eigenvalue weighted by Crippen LogP contribution is -2.30. The average Bonchev–Trinajstić information content (AvgIpc) is 2.56. The molecule has 0 saturated heterocycles. The molecule has 0 aliphatic carbocycles. The van der Waals surface area contributed by atoms with E-state index in [9.17, 15) is 8.42 Å². The van der Waals surface area contributed by atoms with Gasteiger partial charge in [-0.25, -0.2) is 8.42 Å². The molecule has 2 aromatic carbocycles. The summed E-state index contributed by atoms with van der Waals surface area (Å²) in [6, 6.07) is 12.0. The predicted octanol–water partition coefficient (Wildman–Crippen LogP) is 3.23. The number of ether oxygens (including phenoxy) is 2. The topological polar surface area (TPSA) is 55.8 Å². The molecule has 0 heterocycles. The van der Waals surface area contributed by atoms with E-state index in [-0.39, 0.29) is 4.90 Å². The first kappa shape index (κ1) is 17.1. The Hall–Kier alpha value is -2.21. The van der Waals surface area contributed by atoms with Crippen LogP contribution in [0.25, 0.3) is 0 Å². The van der Waals surface area contributed by atoms with E-state index in [0.717, 1.165) is 5.56 Å². The third kappa shape index (κ3) is 3.42. The van der Waals surface area contributed by atoms with Crippen LogP contribution in [0.3, 0.4) is 0 Å². The molecule has 0 bridgehead atoms. The minimum atomic E-state index is -3.68. The van der Waals surface area contributed by atoms with Crippen molar-refractivity contribution in [2.24, 2.45) is 0 Å². The smallest absolute Gasteiger partial charge is 0.264 e. The van der Waals surface area contributed by atoms with Crippen LogP contribution in [0.2, 0.25) is 0 Å². The molecule has 0 unspecified atom stereocenters. The van der Waals surface area contributed by atoms with Gasteiger partial charge in [-0.3, -0.25) is 4.31 Å². The van der Waals surface area contributed by atoms with E-state index < -0.39 is 10.0 Å². The summed E-state index contributed by atoms with van der Waals surface area (Å²) in [7, 11) is -0.688. The van der Waals surface area contributed by atoms with Crippen molar-refractivity contribution >= 4 is 15.7 Å². The largest absolute Gasteiger partial charge is 0.493 e. The number of nitrogens with zero attached hydrogens (tertiary/aromatic N) is 1. The molecule has 6 heteroatoms. The molecule has 0 aliphatic rings. The molecule has 2 rings (SSSR count). The molecule has 0 N–H and O–H groups in total. The van der Waals surface area contributed by atoms with Crippen LogP contribution in [0.5, 0.6) is 11.5 Å². The van der Waals surface area contributed by atoms with Gasteiger partial charge in [0.1, 0.15) is 0 Å². The van der Waals surface area contributed by atoms with Gasteiger partial charge in [0.15, 0.2) is 11.5 Å². The first-order valence-corrected chi connectivity index (χ1v) is 8.69. The van der Waals surface area contributed by atoms with Crippen molar-refractivity contribution in [1.29, 1.82) is 0 Å². The highest BCUT2D eigenvalue weighted by molar-refractivity contribution is 7.92. The van der Waals surface area contributed by atoms with Crippen molar-refractivity contribution in [1.82, 2.24) is 0 Å². The summed E-state index contributed by atoms with van der Waals surface area (Å²) in [5.41, 5.74) is 1.71. The van der Waals surface area contributed by atoms with Gasteiger partial charge >= 0.3 is 0 Å². The van der Waals surface area contributed by atoms with Gasteiger partial charge in [-0.15, -0.1) is 0 Å². The lowest BCUT2D eigenvalue weighted by atomic mass is 10.2. The number of aryl methyl sites for hydroxylation is 1. The standard InChI is InChI=1S/C17H21NO4S/c1-5-18(14-8-6-13(2)7-9-14)23(19,20)15-10-11-16(21-3)17(12-15)22-4/h6-12H,5H2,1-4H3. The monoisotopic (exact) mass is 335 g/mol. The molecule has 124 valence electrons. The van der Waals surface area contributed by atoms with Gasteiger partial charge in [-0.1, -0.05) is 17.7 Å². The van der Waals surface area contributed by atoms with E-state index in [1.807, 2.05) is 19.1 Å². The molecule has 0 amide bonds. The van der Waals surface area contributed by atoms with Crippen LogP contribution < -0.4 is 13.8 Å². The first-order chi connectivity index (χ1) is 10.9. The summed E-state index contributed by atoms with van der Waals surface area (Å²) in [5.74, 6) is 0.873. The lowest BCUT2D eigenvalue weighted by Gasteiger charge is -2.23. The van der Waals surface area contributed by atoms with E-state index in [2.05, 4.69) is 0 Å². The van der Waals surface area contributed by atoms with Gasteiger partial charge in [-0.05, 0) is 38.1 Å². The second-order valence-corrected chi connectivity index (χ2v) is 6.88. The van der Waals surface area contributed by atoms with Crippen LogP contribution in [0.4, 0.5) is 5.69 Å². The fourth-order valence-electron chi connectivity index (χ4n) is 2.31. The molecule has 0 atom stereocenters. The number of benzene rings is 2. The molecule has 0 radical (unpaired) electrons. The molecule has 0 spiro atoms. The Balaban J connectivity index is 2.48. The third-order valence-electron chi connectivity index (χ3n) is 3.55. The molecule has 0 aromatic heterocycles. The Morgan fingerprint density at radius 3 is 2.09 bits per heavy atom. The maximum Gasteiger partial charge on any atom is 0.264 e. The number of hydrogen-bond donors (Lipinski definition) is 0. The summed E-state index contributed by atoms with van der Waals surface area (Å²) in [4.78, 5) is 0.164. The second-order valence-electron chi connectivity index (χ2n) is 5.02. The van der Waals surface area contributed by atoms with Crippen molar-refractivity contribution in [2.75, 3.05) is 25.1 Å². The Morgan fingerprint density at radius 2 is 1.57 bits per heavy atom. The highest BCUT2D eigenvalue weighted by Gasteiger charge is 2.24. The van der Waals surface area contributed by atoms with Crippen LogP contribution in [-0.4, -0.2) is 29.2 Å². The van der Waals surface area contributed by atoms with Gasteiger partial charge < -0.3 is 9.47 Å². The molecule has 23 heavy (non-hydrogen) atoms. The number of methoxy groups -OCH3 is 2. The summed E-state index contributed by atoms with van der Waals surface area (Å²) < 4.78 is 37.6. The molecule has 2 aromatic rings. The molecular formula is C17H21NO4S. The second kappa shape index (κ2) is 6.91. The van der Waals surface area contributed by atoms with Crippen molar-refractivity contribution < 1.29 is 17.9 Å². The van der Waals surface area contributed by atoms with Gasteiger partial charge in [0.25, 0.3) is 10.0 Å². The van der Waals surface area contributed by atoms with Crippen LogP contribution in [0, 0.1) is 6.92 Å². The average molecular weight is 335 g/mol. The SMILES string of the molecule is CCN(c1ccc(C)cc1)S(=O)(=O)c1ccc(OC)c(OC)c1. The first-order valence-electron chi connectivity index (χ1n) is 7.25. The van der Waals surface area contributed by atoms with Gasteiger partial charge in [0.2, 0.25) is 0 Å². The van der Waals surface area contributed by atoms with Crippen LogP contribution in [0.1, 0.15) is 12.5 Å². The van der Waals surface area contributed by atoms with Crippen molar-refractivity contribution in [3.63, 3.8) is 0 Å². The van der Waals surface area contributed by atoms with Crippen molar-refractivity contribution in [3.05, 3.63) is 48.0 Å². The normalized spacial score (nSPS) is 11.1. The number of sulfonamides is 1. The highest BCUT2D eigenvalue weighted by Crippen LogP contribution is 2.32. The zero-order valence-corrected chi connectivity index (χ0v) is 14.6. The maximum atomic E-state index is 12.9. The quantitative estimate of drug-likeness (QED) is 0.813. The molecule has 0 fully saturated rings. The van der Waals surface area contributed by atoms with Crippen molar-refractivity contribution in [2.45, 2.75) is 18.7 Å². The lowest BCUT2D eigenvalue weighted by molar-refractivity contribution is 0.354. The van der Waals surface area contributed by atoms with Crippen LogP contribution in [-0.2, 0) is 10.0 Å². The van der Waals surface area contributed by atoms with Crippen LogP contribution >= 0.6 is 0 Å². The van der Waals surface area contributed by atoms with E-state index in [0.29, 0.717) is 23.7 Å². The maximum absolute atomic E-state index is 12.9. The minimum Gasteiger partial charge on any atom is -0.493 e. The summed E-state index contributed by atoms with van der Waals surface area (Å²) in [5, 5.41) is 0. The highest BCUT2D eigenvalue weighted by atomic mass is 32.2. The van der Waals surface area contributed by atoms with E-state index in [4.69, 9.17) is 9.47 Å². The van der Waals surface area contributed by atoms with E-state index in [1.54, 1.807) is 25.1 Å². The van der Waals surface area contributed by atoms with Gasteiger partial charge in [0, 0.05) is 12.6 Å². The molecule has 0 saturated carbocycles. The zero-order valence-electron chi connectivity index (χ0n) is 13.7.